The molecule has 2 aliphatic rings. The SMILES string of the molecule is C=C1N(C)C(c2ccccc2)=C(C2CCC(C)CC2)N1C. The number of nitrogens with zero attached hydrogens (tertiary/aromatic N) is 2. The molecular formula is C19H26N2. The predicted molar refractivity (Wildman–Crippen MR) is 89.2 cm³/mol. The van der Waals surface area contributed by atoms with Crippen molar-refractivity contribution in [1.82, 2.24) is 9.80 Å². The first-order valence-electron chi connectivity index (χ1n) is 8.05. The van der Waals surface area contributed by atoms with E-state index in [0.29, 0.717) is 5.92 Å². The van der Waals surface area contributed by atoms with Crippen LogP contribution in [0.5, 0.6) is 0 Å². The Labute approximate surface area is 128 Å². The second-order valence-electron chi connectivity index (χ2n) is 6.59. The molecule has 2 nitrogen and oxygen atoms in total. The van der Waals surface area contributed by atoms with E-state index in [2.05, 4.69) is 67.7 Å². The summed E-state index contributed by atoms with van der Waals surface area (Å²) in [6.07, 6.45) is 5.30. The van der Waals surface area contributed by atoms with E-state index in [0.717, 1.165) is 11.7 Å². The highest BCUT2D eigenvalue weighted by Crippen LogP contribution is 2.44. The third-order valence-corrected chi connectivity index (χ3v) is 5.16. The number of benzene rings is 1. The van der Waals surface area contributed by atoms with E-state index in [9.17, 15) is 0 Å². The maximum atomic E-state index is 4.26. The summed E-state index contributed by atoms with van der Waals surface area (Å²) in [5.74, 6) is 2.64. The monoisotopic (exact) mass is 282 g/mol. The molecule has 1 heterocycles. The van der Waals surface area contributed by atoms with E-state index in [4.69, 9.17) is 0 Å². The third-order valence-electron chi connectivity index (χ3n) is 5.16. The summed E-state index contributed by atoms with van der Waals surface area (Å²) in [6, 6.07) is 10.8. The fraction of sp³-hybridized carbons (Fsp3) is 0.474. The molecule has 0 atom stereocenters. The molecule has 3 rings (SSSR count). The summed E-state index contributed by atoms with van der Waals surface area (Å²) >= 11 is 0. The molecule has 0 aromatic heterocycles. The number of rotatable bonds is 2. The molecule has 0 radical (unpaired) electrons. The highest BCUT2D eigenvalue weighted by molar-refractivity contribution is 5.71. The largest absolute Gasteiger partial charge is 0.333 e. The lowest BCUT2D eigenvalue weighted by atomic mass is 9.80. The zero-order valence-electron chi connectivity index (χ0n) is 13.5. The quantitative estimate of drug-likeness (QED) is 0.786. The maximum absolute atomic E-state index is 4.26. The molecule has 1 fully saturated rings. The smallest absolute Gasteiger partial charge is 0.105 e. The van der Waals surface area contributed by atoms with Gasteiger partial charge in [0.1, 0.15) is 5.82 Å². The van der Waals surface area contributed by atoms with Crippen LogP contribution in [0, 0.1) is 11.8 Å². The Balaban J connectivity index is 2.02. The van der Waals surface area contributed by atoms with Crippen LogP contribution < -0.4 is 0 Å². The maximum Gasteiger partial charge on any atom is 0.105 e. The standard InChI is InChI=1S/C19H26N2/c1-14-10-12-17(13-11-14)19-18(16-8-6-5-7-9-16)20(3)15(2)21(19)4/h5-9,14,17H,2,10-13H2,1,3-4H3. The van der Waals surface area contributed by atoms with Gasteiger partial charge in [0.25, 0.3) is 0 Å². The molecule has 1 saturated carbocycles. The minimum atomic E-state index is 0.670. The van der Waals surface area contributed by atoms with E-state index in [1.165, 1.54) is 42.6 Å². The van der Waals surface area contributed by atoms with Crippen LogP contribution in [-0.4, -0.2) is 23.9 Å². The fourth-order valence-corrected chi connectivity index (χ4v) is 3.76. The highest BCUT2D eigenvalue weighted by atomic mass is 15.4. The van der Waals surface area contributed by atoms with E-state index >= 15 is 0 Å². The van der Waals surface area contributed by atoms with Gasteiger partial charge in [-0.1, -0.05) is 56.7 Å². The van der Waals surface area contributed by atoms with E-state index in [1.807, 2.05) is 0 Å². The molecule has 0 saturated heterocycles. The Hall–Kier alpha value is -1.70. The Morgan fingerprint density at radius 1 is 0.952 bits per heavy atom. The molecule has 0 unspecified atom stereocenters. The van der Waals surface area contributed by atoms with Crippen molar-refractivity contribution in [3.05, 3.63) is 54.0 Å². The Kier molecular flexibility index (Phi) is 3.79. The molecule has 1 aromatic carbocycles. The summed E-state index contributed by atoms with van der Waals surface area (Å²) in [4.78, 5) is 4.56. The first kappa shape index (κ1) is 14.2. The average molecular weight is 282 g/mol. The predicted octanol–water partition coefficient (Wildman–Crippen LogP) is 4.53. The second-order valence-corrected chi connectivity index (χ2v) is 6.59. The van der Waals surface area contributed by atoms with Crippen LogP contribution >= 0.6 is 0 Å². The lowest BCUT2D eigenvalue weighted by Gasteiger charge is -2.30. The van der Waals surface area contributed by atoms with Gasteiger partial charge in [-0.25, -0.2) is 0 Å². The van der Waals surface area contributed by atoms with Crippen molar-refractivity contribution in [2.24, 2.45) is 11.8 Å². The Morgan fingerprint density at radius 3 is 2.19 bits per heavy atom. The van der Waals surface area contributed by atoms with Gasteiger partial charge in [-0.3, -0.25) is 0 Å². The van der Waals surface area contributed by atoms with Crippen LogP contribution in [0.4, 0.5) is 0 Å². The summed E-state index contributed by atoms with van der Waals surface area (Å²) in [7, 11) is 4.31. The van der Waals surface area contributed by atoms with Crippen molar-refractivity contribution in [1.29, 1.82) is 0 Å². The zero-order valence-corrected chi connectivity index (χ0v) is 13.5. The summed E-state index contributed by atoms with van der Waals surface area (Å²) < 4.78 is 0. The molecule has 0 N–H and O–H groups in total. The molecule has 1 aliphatic carbocycles. The van der Waals surface area contributed by atoms with Crippen molar-refractivity contribution in [3.8, 4) is 0 Å². The molecule has 2 heteroatoms. The lowest BCUT2D eigenvalue weighted by Crippen LogP contribution is -2.23. The van der Waals surface area contributed by atoms with Crippen LogP contribution in [0.15, 0.2) is 48.4 Å². The number of hydrogen-bond donors (Lipinski definition) is 0. The molecule has 1 aliphatic heterocycles. The van der Waals surface area contributed by atoms with Gasteiger partial charge < -0.3 is 9.80 Å². The fourth-order valence-electron chi connectivity index (χ4n) is 3.76. The van der Waals surface area contributed by atoms with E-state index in [-0.39, 0.29) is 0 Å². The van der Waals surface area contributed by atoms with Crippen LogP contribution in [0.1, 0.15) is 38.2 Å². The Morgan fingerprint density at radius 2 is 1.57 bits per heavy atom. The first-order chi connectivity index (χ1) is 10.1. The molecule has 112 valence electrons. The van der Waals surface area contributed by atoms with Gasteiger partial charge in [-0.05, 0) is 24.3 Å². The van der Waals surface area contributed by atoms with Gasteiger partial charge in [-0.15, -0.1) is 0 Å². The minimum Gasteiger partial charge on any atom is -0.333 e. The van der Waals surface area contributed by atoms with Crippen molar-refractivity contribution < 1.29 is 0 Å². The van der Waals surface area contributed by atoms with E-state index < -0.39 is 0 Å². The minimum absolute atomic E-state index is 0.670. The molecule has 1 aromatic rings. The van der Waals surface area contributed by atoms with Gasteiger partial charge >= 0.3 is 0 Å². The van der Waals surface area contributed by atoms with Crippen molar-refractivity contribution in [2.45, 2.75) is 32.6 Å². The van der Waals surface area contributed by atoms with Gasteiger partial charge in [0.05, 0.1) is 5.70 Å². The van der Waals surface area contributed by atoms with Gasteiger partial charge in [-0.2, -0.15) is 0 Å². The van der Waals surface area contributed by atoms with E-state index in [1.54, 1.807) is 0 Å². The third kappa shape index (κ3) is 2.48. The number of hydrogen-bond acceptors (Lipinski definition) is 2. The summed E-state index contributed by atoms with van der Waals surface area (Å²) in [5, 5.41) is 0. The van der Waals surface area contributed by atoms with Crippen LogP contribution in [-0.2, 0) is 0 Å². The highest BCUT2D eigenvalue weighted by Gasteiger charge is 2.34. The Bertz CT molecular complexity index is 550. The normalized spacial score (nSPS) is 26.7. The van der Waals surface area contributed by atoms with Crippen LogP contribution in [0.25, 0.3) is 5.70 Å². The average Bonchev–Trinajstić information content (AvgIpc) is 2.73. The van der Waals surface area contributed by atoms with Crippen molar-refractivity contribution >= 4 is 5.70 Å². The summed E-state index contributed by atoms with van der Waals surface area (Å²) in [5.41, 5.74) is 4.13. The van der Waals surface area contributed by atoms with Gasteiger partial charge in [0.15, 0.2) is 0 Å². The zero-order chi connectivity index (χ0) is 15.0. The van der Waals surface area contributed by atoms with Gasteiger partial charge in [0, 0.05) is 25.7 Å². The summed E-state index contributed by atoms with van der Waals surface area (Å²) in [6.45, 7) is 6.64. The molecule has 0 spiro atoms. The van der Waals surface area contributed by atoms with Crippen LogP contribution in [0.3, 0.4) is 0 Å². The lowest BCUT2D eigenvalue weighted by molar-refractivity contribution is 0.285. The van der Waals surface area contributed by atoms with Gasteiger partial charge in [0.2, 0.25) is 0 Å². The van der Waals surface area contributed by atoms with Crippen molar-refractivity contribution in [2.75, 3.05) is 14.1 Å². The van der Waals surface area contributed by atoms with Crippen molar-refractivity contribution in [3.63, 3.8) is 0 Å². The molecule has 21 heavy (non-hydrogen) atoms. The topological polar surface area (TPSA) is 6.48 Å². The molecular weight excluding hydrogens is 256 g/mol. The molecule has 0 amide bonds. The number of allylic oxidation sites excluding steroid dienone is 1. The van der Waals surface area contributed by atoms with Crippen LogP contribution in [0.2, 0.25) is 0 Å². The second kappa shape index (κ2) is 5.59. The first-order valence-corrected chi connectivity index (χ1v) is 8.05. The molecule has 0 bridgehead atoms.